The lowest BCUT2D eigenvalue weighted by Crippen LogP contribution is -2.20. The van der Waals surface area contributed by atoms with E-state index in [1.54, 1.807) is 31.4 Å². The quantitative estimate of drug-likeness (QED) is 0.520. The van der Waals surface area contributed by atoms with Gasteiger partial charge >= 0.3 is 6.03 Å². The van der Waals surface area contributed by atoms with E-state index >= 15 is 0 Å². The minimum Gasteiger partial charge on any atom is -0.495 e. The largest absolute Gasteiger partial charge is 0.495 e. The highest BCUT2D eigenvalue weighted by Crippen LogP contribution is 2.28. The molecule has 138 valence electrons. The summed E-state index contributed by atoms with van der Waals surface area (Å²) in [6.07, 6.45) is 0. The van der Waals surface area contributed by atoms with Gasteiger partial charge in [-0.05, 0) is 35.9 Å². The van der Waals surface area contributed by atoms with Crippen LogP contribution in [-0.2, 0) is 6.54 Å². The first-order valence-corrected chi connectivity index (χ1v) is 8.82. The number of hydrogen-bond donors (Lipinski definition) is 3. The minimum absolute atomic E-state index is 0.385. The predicted octanol–water partition coefficient (Wildman–Crippen LogP) is 5.60. The third-order valence-electron chi connectivity index (χ3n) is 3.91. The first-order valence-electron chi connectivity index (χ1n) is 8.44. The number of amides is 2. The molecule has 3 rings (SSSR count). The van der Waals surface area contributed by atoms with Crippen molar-refractivity contribution in [1.82, 2.24) is 0 Å². The summed E-state index contributed by atoms with van der Waals surface area (Å²) in [6, 6.07) is 22.2. The van der Waals surface area contributed by atoms with Crippen molar-refractivity contribution >= 4 is 34.7 Å². The van der Waals surface area contributed by atoms with Gasteiger partial charge in [0.05, 0.1) is 24.2 Å². The Morgan fingerprint density at radius 3 is 2.37 bits per heavy atom. The highest BCUT2D eigenvalue weighted by atomic mass is 35.5. The number of halogens is 1. The van der Waals surface area contributed by atoms with E-state index < -0.39 is 0 Å². The summed E-state index contributed by atoms with van der Waals surface area (Å²) >= 11 is 6.11. The highest BCUT2D eigenvalue weighted by molar-refractivity contribution is 6.31. The van der Waals surface area contributed by atoms with E-state index in [9.17, 15) is 4.79 Å². The van der Waals surface area contributed by atoms with E-state index in [0.29, 0.717) is 28.7 Å². The molecule has 0 radical (unpaired) electrons. The molecule has 0 unspecified atom stereocenters. The van der Waals surface area contributed by atoms with Gasteiger partial charge in [0.15, 0.2) is 0 Å². The van der Waals surface area contributed by atoms with Gasteiger partial charge in [-0.1, -0.05) is 54.1 Å². The van der Waals surface area contributed by atoms with Crippen molar-refractivity contribution < 1.29 is 9.53 Å². The van der Waals surface area contributed by atoms with Crippen molar-refractivity contribution in [3.05, 3.63) is 83.4 Å². The molecule has 6 heteroatoms. The summed E-state index contributed by atoms with van der Waals surface area (Å²) < 4.78 is 5.25. The first-order chi connectivity index (χ1) is 13.2. The number of hydrogen-bond acceptors (Lipinski definition) is 3. The van der Waals surface area contributed by atoms with Crippen molar-refractivity contribution in [3.8, 4) is 5.75 Å². The number of urea groups is 1. The number of nitrogens with one attached hydrogen (secondary N) is 3. The van der Waals surface area contributed by atoms with E-state index in [-0.39, 0.29) is 6.03 Å². The second-order valence-corrected chi connectivity index (χ2v) is 6.24. The molecule has 0 heterocycles. The molecular formula is C21H20ClN3O2. The number of methoxy groups -OCH3 is 1. The molecule has 0 atom stereocenters. The molecule has 27 heavy (non-hydrogen) atoms. The lowest BCUT2D eigenvalue weighted by Gasteiger charge is -2.15. The summed E-state index contributed by atoms with van der Waals surface area (Å²) in [7, 11) is 1.56. The zero-order chi connectivity index (χ0) is 19.1. The van der Waals surface area contributed by atoms with Crippen LogP contribution in [0.3, 0.4) is 0 Å². The Bertz CT molecular complexity index is 916. The van der Waals surface area contributed by atoms with Crippen molar-refractivity contribution in [2.45, 2.75) is 6.54 Å². The fraction of sp³-hybridized carbons (Fsp3) is 0.0952. The molecule has 0 aromatic heterocycles. The van der Waals surface area contributed by atoms with Gasteiger partial charge in [-0.15, -0.1) is 0 Å². The Hall–Kier alpha value is -3.18. The van der Waals surface area contributed by atoms with E-state index in [2.05, 4.69) is 16.0 Å². The molecule has 0 saturated heterocycles. The summed E-state index contributed by atoms with van der Waals surface area (Å²) in [5.41, 5.74) is 3.08. The molecular weight excluding hydrogens is 362 g/mol. The number of rotatable bonds is 6. The molecule has 5 nitrogen and oxygen atoms in total. The van der Waals surface area contributed by atoms with Gasteiger partial charge in [-0.25, -0.2) is 4.79 Å². The SMILES string of the molecule is COc1ccccc1NC(=O)Nc1cc(Cl)ccc1NCc1ccccc1. The van der Waals surface area contributed by atoms with Gasteiger partial charge in [-0.3, -0.25) is 0 Å². The van der Waals surface area contributed by atoms with Crippen LogP contribution >= 0.6 is 11.6 Å². The Morgan fingerprint density at radius 1 is 0.889 bits per heavy atom. The number of para-hydroxylation sites is 2. The van der Waals surface area contributed by atoms with Crippen molar-refractivity contribution in [3.63, 3.8) is 0 Å². The van der Waals surface area contributed by atoms with Crippen molar-refractivity contribution in [2.24, 2.45) is 0 Å². The first kappa shape index (κ1) is 18.6. The monoisotopic (exact) mass is 381 g/mol. The maximum atomic E-state index is 12.4. The molecule has 0 aliphatic rings. The fourth-order valence-electron chi connectivity index (χ4n) is 2.59. The van der Waals surface area contributed by atoms with Gasteiger partial charge < -0.3 is 20.7 Å². The average Bonchev–Trinajstić information content (AvgIpc) is 2.68. The smallest absolute Gasteiger partial charge is 0.323 e. The number of carbonyl (C=O) groups is 1. The topological polar surface area (TPSA) is 62.4 Å². The molecule has 2 amide bonds. The Balaban J connectivity index is 1.71. The number of anilines is 3. The molecule has 3 aromatic rings. The van der Waals surface area contributed by atoms with Crippen molar-refractivity contribution in [2.75, 3.05) is 23.1 Å². The molecule has 3 aromatic carbocycles. The minimum atomic E-state index is -0.385. The Morgan fingerprint density at radius 2 is 1.59 bits per heavy atom. The van der Waals surface area contributed by atoms with E-state index in [1.807, 2.05) is 48.5 Å². The fourth-order valence-corrected chi connectivity index (χ4v) is 2.76. The van der Waals surface area contributed by atoms with Gasteiger partial charge in [-0.2, -0.15) is 0 Å². The molecule has 3 N–H and O–H groups in total. The van der Waals surface area contributed by atoms with Gasteiger partial charge in [0.2, 0.25) is 0 Å². The third-order valence-corrected chi connectivity index (χ3v) is 4.15. The normalized spacial score (nSPS) is 10.1. The van der Waals surface area contributed by atoms with E-state index in [4.69, 9.17) is 16.3 Å². The summed E-state index contributed by atoms with van der Waals surface area (Å²) in [5, 5.41) is 9.48. The van der Waals surface area contributed by atoms with Crippen molar-refractivity contribution in [1.29, 1.82) is 0 Å². The average molecular weight is 382 g/mol. The molecule has 0 fully saturated rings. The van der Waals surface area contributed by atoms with Crippen LogP contribution < -0.4 is 20.7 Å². The lowest BCUT2D eigenvalue weighted by molar-refractivity contribution is 0.262. The van der Waals surface area contributed by atoms with Gasteiger partial charge in [0.1, 0.15) is 5.75 Å². The zero-order valence-electron chi connectivity index (χ0n) is 14.8. The second-order valence-electron chi connectivity index (χ2n) is 5.81. The van der Waals surface area contributed by atoms with E-state index in [1.165, 1.54) is 0 Å². The molecule has 0 saturated carbocycles. The van der Waals surface area contributed by atoms with Crippen LogP contribution in [0.5, 0.6) is 5.75 Å². The van der Waals surface area contributed by atoms with Crippen LogP contribution in [0.2, 0.25) is 5.02 Å². The highest BCUT2D eigenvalue weighted by Gasteiger charge is 2.10. The number of carbonyl (C=O) groups excluding carboxylic acids is 1. The Labute approximate surface area is 163 Å². The zero-order valence-corrected chi connectivity index (χ0v) is 15.6. The molecule has 0 bridgehead atoms. The summed E-state index contributed by atoms with van der Waals surface area (Å²) in [5.74, 6) is 0.584. The predicted molar refractivity (Wildman–Crippen MR) is 111 cm³/mol. The van der Waals surface area contributed by atoms with Gasteiger partial charge in [0.25, 0.3) is 0 Å². The summed E-state index contributed by atoms with van der Waals surface area (Å²) in [6.45, 7) is 0.630. The van der Waals surface area contributed by atoms with Crippen LogP contribution in [0.4, 0.5) is 21.9 Å². The Kier molecular flexibility index (Phi) is 6.18. The van der Waals surface area contributed by atoms with Gasteiger partial charge in [0, 0.05) is 11.6 Å². The summed E-state index contributed by atoms with van der Waals surface area (Å²) in [4.78, 5) is 12.4. The van der Waals surface area contributed by atoms with Crippen LogP contribution in [0.15, 0.2) is 72.8 Å². The maximum Gasteiger partial charge on any atom is 0.323 e. The molecule has 0 spiro atoms. The lowest BCUT2D eigenvalue weighted by atomic mass is 10.2. The third kappa shape index (κ3) is 5.15. The van der Waals surface area contributed by atoms with Crippen LogP contribution in [0.1, 0.15) is 5.56 Å². The maximum absolute atomic E-state index is 12.4. The standard InChI is InChI=1S/C21H20ClN3O2/c1-27-20-10-6-5-9-18(20)24-21(26)25-19-13-16(22)11-12-17(19)23-14-15-7-3-2-4-8-15/h2-13,23H,14H2,1H3,(H2,24,25,26). The number of benzene rings is 3. The number of ether oxygens (including phenoxy) is 1. The second kappa shape index (κ2) is 8.96. The van der Waals surface area contributed by atoms with E-state index in [0.717, 1.165) is 11.3 Å². The molecule has 0 aliphatic carbocycles. The van der Waals surface area contributed by atoms with Crippen LogP contribution in [-0.4, -0.2) is 13.1 Å². The molecule has 0 aliphatic heterocycles. The van der Waals surface area contributed by atoms with Crippen LogP contribution in [0, 0.1) is 0 Å². The van der Waals surface area contributed by atoms with Crippen LogP contribution in [0.25, 0.3) is 0 Å².